The smallest absolute Gasteiger partial charge is 0.334 e. The number of amides is 1. The molecule has 0 aliphatic carbocycles. The summed E-state index contributed by atoms with van der Waals surface area (Å²) in [6.45, 7) is 0.0744. The van der Waals surface area contributed by atoms with Crippen LogP contribution in [0.2, 0.25) is 0 Å². The topological polar surface area (TPSA) is 87.1 Å². The Morgan fingerprint density at radius 3 is 2.79 bits per heavy atom. The van der Waals surface area contributed by atoms with E-state index in [0.29, 0.717) is 11.1 Å². The predicted octanol–water partition coefficient (Wildman–Crippen LogP) is 0.0573. The minimum Gasteiger partial charge on any atom is -0.467 e. The van der Waals surface area contributed by atoms with E-state index >= 15 is 0 Å². The number of hydrogen-bond donors (Lipinski definition) is 2. The predicted molar refractivity (Wildman–Crippen MR) is 65.1 cm³/mol. The van der Waals surface area contributed by atoms with Gasteiger partial charge in [-0.3, -0.25) is 4.79 Å². The Balaban J connectivity index is 2.04. The van der Waals surface area contributed by atoms with E-state index < -0.39 is 18.3 Å². The van der Waals surface area contributed by atoms with E-state index in [1.807, 2.05) is 0 Å². The summed E-state index contributed by atoms with van der Waals surface area (Å²) in [6, 6.07) is 6.77. The summed E-state index contributed by atoms with van der Waals surface area (Å²) < 4.78 is 4.39. The van der Waals surface area contributed by atoms with Gasteiger partial charge >= 0.3 is 5.97 Å². The molecule has 1 aromatic rings. The maximum Gasteiger partial charge on any atom is 0.334 e. The lowest BCUT2D eigenvalue weighted by Crippen LogP contribution is -2.33. The molecule has 0 saturated heterocycles. The van der Waals surface area contributed by atoms with E-state index in [1.165, 1.54) is 12.0 Å². The molecule has 19 heavy (non-hydrogen) atoms. The summed E-state index contributed by atoms with van der Waals surface area (Å²) in [7, 11) is 1.18. The number of ether oxygens (including phenoxy) is 1. The van der Waals surface area contributed by atoms with Gasteiger partial charge < -0.3 is 19.8 Å². The first-order chi connectivity index (χ1) is 9.06. The van der Waals surface area contributed by atoms with E-state index in [4.69, 9.17) is 0 Å². The molecule has 0 fully saturated rings. The van der Waals surface area contributed by atoms with Crippen molar-refractivity contribution in [2.24, 2.45) is 0 Å². The minimum absolute atomic E-state index is 0.0173. The third-order valence-corrected chi connectivity index (χ3v) is 3.14. The number of methoxy groups -OCH3 is 1. The molecule has 0 spiro atoms. The Morgan fingerprint density at radius 1 is 1.47 bits per heavy atom. The van der Waals surface area contributed by atoms with Crippen LogP contribution in [0.5, 0.6) is 0 Å². The monoisotopic (exact) mass is 265 g/mol. The van der Waals surface area contributed by atoms with E-state index in [0.717, 1.165) is 0 Å². The largest absolute Gasteiger partial charge is 0.467 e. The number of rotatable bonds is 4. The molecule has 1 aliphatic heterocycles. The fourth-order valence-corrected chi connectivity index (χ4v) is 2.09. The first-order valence-electron chi connectivity index (χ1n) is 5.90. The summed E-state index contributed by atoms with van der Waals surface area (Å²) in [5, 5.41) is 19.5. The number of hydrogen-bond acceptors (Lipinski definition) is 5. The van der Waals surface area contributed by atoms with Crippen molar-refractivity contribution in [3.63, 3.8) is 0 Å². The third kappa shape index (κ3) is 2.45. The molecule has 6 nitrogen and oxygen atoms in total. The highest BCUT2D eigenvalue weighted by Crippen LogP contribution is 2.31. The van der Waals surface area contributed by atoms with Crippen LogP contribution in [-0.2, 0) is 9.53 Å². The lowest BCUT2D eigenvalue weighted by Gasteiger charge is -2.21. The fraction of sp³-hybridized carbons (Fsp3) is 0.385. The van der Waals surface area contributed by atoms with Crippen LogP contribution in [0.3, 0.4) is 0 Å². The molecule has 0 bridgehead atoms. The number of aliphatic hydroxyl groups excluding tert-OH is 2. The molecule has 0 saturated carbocycles. The first-order valence-corrected chi connectivity index (χ1v) is 5.90. The lowest BCUT2D eigenvalue weighted by atomic mass is 10.1. The zero-order valence-corrected chi connectivity index (χ0v) is 10.4. The maximum atomic E-state index is 12.0. The zero-order valence-electron chi connectivity index (χ0n) is 10.4. The number of fused-ring (bicyclic) bond motifs is 1. The molecule has 1 heterocycles. The van der Waals surface area contributed by atoms with Gasteiger partial charge in [0.15, 0.2) is 12.3 Å². The van der Waals surface area contributed by atoms with Crippen molar-refractivity contribution in [1.29, 1.82) is 0 Å². The van der Waals surface area contributed by atoms with E-state index in [1.54, 1.807) is 24.3 Å². The van der Waals surface area contributed by atoms with Gasteiger partial charge in [-0.15, -0.1) is 0 Å². The van der Waals surface area contributed by atoms with Gasteiger partial charge in [0, 0.05) is 24.1 Å². The summed E-state index contributed by atoms with van der Waals surface area (Å²) in [5.41, 5.74) is 0.989. The average Bonchev–Trinajstić information content (AvgIpc) is 2.68. The van der Waals surface area contributed by atoms with Gasteiger partial charge in [-0.1, -0.05) is 18.2 Å². The summed E-state index contributed by atoms with van der Waals surface area (Å²) in [6.07, 6.45) is -2.31. The van der Waals surface area contributed by atoms with Crippen LogP contribution in [0.1, 0.15) is 28.6 Å². The fourth-order valence-electron chi connectivity index (χ4n) is 2.09. The van der Waals surface area contributed by atoms with Crippen molar-refractivity contribution in [3.8, 4) is 0 Å². The second-order valence-corrected chi connectivity index (χ2v) is 4.29. The molecule has 0 radical (unpaired) electrons. The standard InChI is InChI=1S/C13H15NO5/c1-19-13(18)10(15)6-7-14-11(16)8-4-2-3-5-9(8)12(14)17/h2-5,10-11,15-16H,6-7H2,1H3/t10?,11-/m0/s1. The van der Waals surface area contributed by atoms with Crippen LogP contribution in [0.25, 0.3) is 0 Å². The summed E-state index contributed by atoms with van der Waals surface area (Å²) >= 11 is 0. The molecule has 102 valence electrons. The molecule has 2 N–H and O–H groups in total. The molecule has 2 atom stereocenters. The van der Waals surface area contributed by atoms with E-state index in [9.17, 15) is 19.8 Å². The third-order valence-electron chi connectivity index (χ3n) is 3.14. The number of aliphatic hydroxyl groups is 2. The number of benzene rings is 1. The highest BCUT2D eigenvalue weighted by Gasteiger charge is 2.35. The van der Waals surface area contributed by atoms with Crippen LogP contribution in [0.15, 0.2) is 24.3 Å². The number of nitrogens with zero attached hydrogens (tertiary/aromatic N) is 1. The molecule has 6 heteroatoms. The van der Waals surface area contributed by atoms with Crippen molar-refractivity contribution in [2.75, 3.05) is 13.7 Å². The molecule has 0 aromatic heterocycles. The molecule has 2 rings (SSSR count). The van der Waals surface area contributed by atoms with Gasteiger partial charge in [0.05, 0.1) is 7.11 Å². The number of esters is 1. The van der Waals surface area contributed by atoms with Gasteiger partial charge in [0.1, 0.15) is 0 Å². The van der Waals surface area contributed by atoms with Crippen molar-refractivity contribution in [2.45, 2.75) is 18.8 Å². The van der Waals surface area contributed by atoms with Crippen LogP contribution >= 0.6 is 0 Å². The molecular formula is C13H15NO5. The van der Waals surface area contributed by atoms with Gasteiger partial charge in [0.25, 0.3) is 5.91 Å². The van der Waals surface area contributed by atoms with Crippen LogP contribution < -0.4 is 0 Å². The number of carbonyl (C=O) groups excluding carboxylic acids is 2. The lowest BCUT2D eigenvalue weighted by molar-refractivity contribution is -0.151. The second kappa shape index (κ2) is 5.38. The van der Waals surface area contributed by atoms with E-state index in [-0.39, 0.29) is 18.9 Å². The quantitative estimate of drug-likeness (QED) is 0.752. The van der Waals surface area contributed by atoms with Crippen molar-refractivity contribution in [1.82, 2.24) is 4.90 Å². The van der Waals surface area contributed by atoms with Crippen molar-refractivity contribution < 1.29 is 24.5 Å². The maximum absolute atomic E-state index is 12.0. The summed E-state index contributed by atoms with van der Waals surface area (Å²) in [5.74, 6) is -1.06. The molecule has 1 unspecified atom stereocenters. The Bertz CT molecular complexity index is 502. The molecule has 1 aromatic carbocycles. The summed E-state index contributed by atoms with van der Waals surface area (Å²) in [4.78, 5) is 24.3. The molecule has 1 amide bonds. The Kier molecular flexibility index (Phi) is 3.82. The van der Waals surface area contributed by atoms with Gasteiger partial charge in [-0.25, -0.2) is 4.79 Å². The normalized spacial score (nSPS) is 19.2. The van der Waals surface area contributed by atoms with Crippen molar-refractivity contribution >= 4 is 11.9 Å². The highest BCUT2D eigenvalue weighted by molar-refractivity contribution is 5.98. The molecular weight excluding hydrogens is 250 g/mol. The van der Waals surface area contributed by atoms with Gasteiger partial charge in [0.2, 0.25) is 0 Å². The first kappa shape index (κ1) is 13.5. The molecule has 1 aliphatic rings. The Labute approximate surface area is 110 Å². The zero-order chi connectivity index (χ0) is 14.0. The second-order valence-electron chi connectivity index (χ2n) is 4.29. The average molecular weight is 265 g/mol. The Morgan fingerprint density at radius 2 is 2.16 bits per heavy atom. The van der Waals surface area contributed by atoms with Gasteiger partial charge in [-0.05, 0) is 6.07 Å². The minimum atomic E-state index is -1.30. The van der Waals surface area contributed by atoms with Crippen molar-refractivity contribution in [3.05, 3.63) is 35.4 Å². The SMILES string of the molecule is COC(=O)C(O)CCN1C(=O)c2ccccc2[C@@H]1O. The van der Waals surface area contributed by atoms with Crippen LogP contribution in [0, 0.1) is 0 Å². The van der Waals surface area contributed by atoms with Crippen LogP contribution in [-0.4, -0.2) is 46.7 Å². The highest BCUT2D eigenvalue weighted by atomic mass is 16.5. The van der Waals surface area contributed by atoms with Crippen LogP contribution in [0.4, 0.5) is 0 Å². The Hall–Kier alpha value is -1.92. The van der Waals surface area contributed by atoms with E-state index in [2.05, 4.69) is 4.74 Å². The number of carbonyl (C=O) groups is 2. The van der Waals surface area contributed by atoms with Gasteiger partial charge in [-0.2, -0.15) is 0 Å².